The Morgan fingerprint density at radius 2 is 1.78 bits per heavy atom. The first kappa shape index (κ1) is 16.6. The molecule has 0 saturated heterocycles. The van der Waals surface area contributed by atoms with Crippen LogP contribution in [0.25, 0.3) is 0 Å². The maximum atomic E-state index is 12.7. The predicted molar refractivity (Wildman–Crippen MR) is 83.9 cm³/mol. The van der Waals surface area contributed by atoms with Gasteiger partial charge in [0.15, 0.2) is 6.10 Å². The van der Waals surface area contributed by atoms with Crippen molar-refractivity contribution in [1.29, 1.82) is 0 Å². The van der Waals surface area contributed by atoms with Crippen LogP contribution in [-0.2, 0) is 14.3 Å². The highest BCUT2D eigenvalue weighted by molar-refractivity contribution is 6.24. The molecule has 3 amide bonds. The summed E-state index contributed by atoms with van der Waals surface area (Å²) in [7, 11) is 1.41. The van der Waals surface area contributed by atoms with Crippen molar-refractivity contribution in [3.05, 3.63) is 0 Å². The molecule has 2 unspecified atom stereocenters. The molecule has 0 aromatic heterocycles. The molecule has 2 N–H and O–H groups in total. The Kier molecular flexibility index (Phi) is 4.07. The van der Waals surface area contributed by atoms with Crippen molar-refractivity contribution in [2.45, 2.75) is 56.4 Å². The lowest BCUT2D eigenvalue weighted by atomic mass is 9.49. The predicted octanol–water partition coefficient (Wildman–Crippen LogP) is 1.95. The number of hydrogen-bond donors (Lipinski definition) is 2. The second-order valence-corrected chi connectivity index (χ2v) is 8.31. The number of hydrogen-bond acceptors (Lipinski definition) is 4. The van der Waals surface area contributed by atoms with E-state index in [1.165, 1.54) is 14.0 Å². The second-order valence-electron chi connectivity index (χ2n) is 7.51. The summed E-state index contributed by atoms with van der Waals surface area (Å²) in [5.74, 6) is 0.00630. The Labute approximate surface area is 140 Å². The Bertz CT molecular complexity index is 536. The van der Waals surface area contributed by atoms with Gasteiger partial charge in [-0.1, -0.05) is 0 Å². The van der Waals surface area contributed by atoms with Gasteiger partial charge in [0, 0.05) is 11.9 Å². The molecule has 0 aromatic carbocycles. The van der Waals surface area contributed by atoms with Crippen LogP contribution in [0.15, 0.2) is 0 Å². The van der Waals surface area contributed by atoms with Crippen LogP contribution in [0.2, 0.25) is 0 Å². The van der Waals surface area contributed by atoms with Crippen molar-refractivity contribution >= 4 is 29.5 Å². The van der Waals surface area contributed by atoms with E-state index in [2.05, 4.69) is 10.6 Å². The first-order chi connectivity index (χ1) is 10.8. The molecule has 4 aliphatic carbocycles. The van der Waals surface area contributed by atoms with Crippen molar-refractivity contribution in [2.75, 3.05) is 7.05 Å². The van der Waals surface area contributed by atoms with Gasteiger partial charge in [-0.05, 0) is 57.3 Å². The molecule has 0 aromatic rings. The topological polar surface area (TPSA) is 84.5 Å². The van der Waals surface area contributed by atoms with Gasteiger partial charge >= 0.3 is 12.0 Å². The van der Waals surface area contributed by atoms with Gasteiger partial charge in [-0.3, -0.25) is 14.9 Å². The first-order valence-corrected chi connectivity index (χ1v) is 8.56. The highest BCUT2D eigenvalue weighted by Crippen LogP contribution is 2.64. The van der Waals surface area contributed by atoms with Gasteiger partial charge in [0.2, 0.25) is 0 Å². The molecule has 6 nitrogen and oxygen atoms in total. The molecule has 23 heavy (non-hydrogen) atoms. The number of urea groups is 1. The van der Waals surface area contributed by atoms with E-state index in [9.17, 15) is 14.4 Å². The first-order valence-electron chi connectivity index (χ1n) is 8.18. The smallest absolute Gasteiger partial charge is 0.321 e. The molecular formula is C16H23ClN2O4. The number of ether oxygens (including phenoxy) is 1. The highest BCUT2D eigenvalue weighted by Gasteiger charge is 2.61. The van der Waals surface area contributed by atoms with Crippen LogP contribution >= 0.6 is 11.6 Å². The van der Waals surface area contributed by atoms with Crippen LogP contribution in [0.5, 0.6) is 0 Å². The lowest BCUT2D eigenvalue weighted by Crippen LogP contribution is -2.57. The number of halogens is 1. The van der Waals surface area contributed by atoms with Crippen LogP contribution in [0, 0.1) is 17.3 Å². The Morgan fingerprint density at radius 3 is 2.30 bits per heavy atom. The minimum Gasteiger partial charge on any atom is -0.452 e. The summed E-state index contributed by atoms with van der Waals surface area (Å²) < 4.78 is 5.40. The number of carbonyl (C=O) groups excluding carboxylic acids is 3. The molecule has 4 aliphatic rings. The van der Waals surface area contributed by atoms with Crippen molar-refractivity contribution in [1.82, 2.24) is 10.6 Å². The highest BCUT2D eigenvalue weighted by atomic mass is 35.5. The molecule has 0 radical (unpaired) electrons. The average Bonchev–Trinajstić information content (AvgIpc) is 2.44. The normalized spacial score (nSPS) is 38.7. The summed E-state index contributed by atoms with van der Waals surface area (Å²) >= 11 is 6.71. The Balaban J connectivity index is 1.66. The van der Waals surface area contributed by atoms with Gasteiger partial charge in [-0.15, -0.1) is 11.6 Å². The monoisotopic (exact) mass is 342 g/mol. The molecule has 7 heteroatoms. The number of amides is 3. The summed E-state index contributed by atoms with van der Waals surface area (Å²) in [5.41, 5.74) is -0.548. The fourth-order valence-corrected chi connectivity index (χ4v) is 5.70. The van der Waals surface area contributed by atoms with Gasteiger partial charge in [0.25, 0.3) is 5.91 Å². The summed E-state index contributed by atoms with van der Waals surface area (Å²) in [6.07, 6.45) is 4.35. The zero-order valence-corrected chi connectivity index (χ0v) is 14.2. The largest absolute Gasteiger partial charge is 0.452 e. The molecule has 0 spiro atoms. The Hall–Kier alpha value is -1.30. The molecule has 4 fully saturated rings. The maximum Gasteiger partial charge on any atom is 0.321 e. The molecule has 5 atom stereocenters. The van der Waals surface area contributed by atoms with Crippen LogP contribution in [0.4, 0.5) is 4.79 Å². The van der Waals surface area contributed by atoms with E-state index in [1.54, 1.807) is 0 Å². The van der Waals surface area contributed by atoms with E-state index >= 15 is 0 Å². The molecular weight excluding hydrogens is 320 g/mol. The van der Waals surface area contributed by atoms with Crippen LogP contribution in [-0.4, -0.2) is 35.9 Å². The zero-order chi connectivity index (χ0) is 16.8. The van der Waals surface area contributed by atoms with E-state index < -0.39 is 23.5 Å². The van der Waals surface area contributed by atoms with E-state index in [1.807, 2.05) is 0 Å². The van der Waals surface area contributed by atoms with Crippen molar-refractivity contribution in [3.8, 4) is 0 Å². The minimum absolute atomic E-state index is 0.281. The molecule has 0 heterocycles. The molecule has 4 bridgehead atoms. The number of carbonyl (C=O) groups is 3. The zero-order valence-electron chi connectivity index (χ0n) is 13.5. The number of esters is 1. The summed E-state index contributed by atoms with van der Waals surface area (Å²) in [4.78, 5) is 35.5. The number of imide groups is 1. The third-order valence-electron chi connectivity index (χ3n) is 5.54. The van der Waals surface area contributed by atoms with E-state index in [4.69, 9.17) is 16.3 Å². The average molecular weight is 343 g/mol. The number of nitrogens with one attached hydrogen (secondary N) is 2. The standard InChI is InChI=1S/C16H23ClN2O4/c1-9(12(20)19-14(22)18-2)23-13(21)15-4-10-3-11(5-15)7-16(17,6-10)8-15/h9-11H,3-8H2,1-2H3,(H2,18,19,20,22)/t9-,10-,11+,15?,16?/m1/s1. The summed E-state index contributed by atoms with van der Waals surface area (Å²) in [5, 5.41) is 4.41. The summed E-state index contributed by atoms with van der Waals surface area (Å²) in [6.45, 7) is 1.48. The van der Waals surface area contributed by atoms with Gasteiger partial charge in [-0.2, -0.15) is 0 Å². The fourth-order valence-electron chi connectivity index (χ4n) is 5.00. The van der Waals surface area contributed by atoms with Crippen LogP contribution < -0.4 is 10.6 Å². The third-order valence-corrected chi connectivity index (χ3v) is 5.98. The van der Waals surface area contributed by atoms with Crippen molar-refractivity contribution < 1.29 is 19.1 Å². The molecule has 4 saturated carbocycles. The van der Waals surface area contributed by atoms with Gasteiger partial charge in [-0.25, -0.2) is 4.79 Å². The van der Waals surface area contributed by atoms with Crippen molar-refractivity contribution in [2.24, 2.45) is 17.3 Å². The quantitative estimate of drug-likeness (QED) is 0.606. The lowest BCUT2D eigenvalue weighted by Gasteiger charge is -2.58. The summed E-state index contributed by atoms with van der Waals surface area (Å²) in [6, 6.07) is -0.618. The minimum atomic E-state index is -1.00. The van der Waals surface area contributed by atoms with Crippen LogP contribution in [0.1, 0.15) is 45.4 Å². The fraction of sp³-hybridized carbons (Fsp3) is 0.812. The SMILES string of the molecule is CNC(=O)NC(=O)[C@@H](C)OC(=O)C12C[C@@H]3C[C@@H](CC(Cl)(C3)C1)C2. The van der Waals surface area contributed by atoms with Crippen molar-refractivity contribution in [3.63, 3.8) is 0 Å². The lowest BCUT2D eigenvalue weighted by molar-refractivity contribution is -0.177. The number of alkyl halides is 1. The van der Waals surface area contributed by atoms with E-state index in [-0.39, 0.29) is 10.8 Å². The molecule has 128 valence electrons. The van der Waals surface area contributed by atoms with E-state index in [0.29, 0.717) is 18.3 Å². The second kappa shape index (κ2) is 5.65. The van der Waals surface area contributed by atoms with E-state index in [0.717, 1.165) is 32.1 Å². The molecule has 4 rings (SSSR count). The number of rotatable bonds is 3. The van der Waals surface area contributed by atoms with Crippen LogP contribution in [0.3, 0.4) is 0 Å². The molecule has 0 aliphatic heterocycles. The third kappa shape index (κ3) is 3.05. The van der Waals surface area contributed by atoms with Gasteiger partial charge in [0.1, 0.15) is 0 Å². The maximum absolute atomic E-state index is 12.7. The van der Waals surface area contributed by atoms with Gasteiger partial charge < -0.3 is 10.1 Å². The Morgan fingerprint density at radius 1 is 1.17 bits per heavy atom. The van der Waals surface area contributed by atoms with Gasteiger partial charge in [0.05, 0.1) is 5.41 Å².